The predicted octanol–water partition coefficient (Wildman–Crippen LogP) is 5.96. The Hall–Kier alpha value is -1.90. The topological polar surface area (TPSA) is 40.5 Å². The molecule has 0 spiro atoms. The molecule has 1 aromatic heterocycles. The summed E-state index contributed by atoms with van der Waals surface area (Å²) in [6.45, 7) is 6.16. The summed E-state index contributed by atoms with van der Waals surface area (Å²) in [6, 6.07) is 2.03. The molecule has 0 aliphatic carbocycles. The molecule has 0 saturated heterocycles. The molecule has 0 bridgehead atoms. The molecule has 3 heterocycles. The van der Waals surface area contributed by atoms with Gasteiger partial charge in [-0.1, -0.05) is 28.4 Å². The lowest BCUT2D eigenvalue weighted by Gasteiger charge is -1.76. The summed E-state index contributed by atoms with van der Waals surface area (Å²) in [5.41, 5.74) is 3.86. The molecule has 120 valence electrons. The molecule has 0 saturated carbocycles. The SMILES string of the molecule is C.C.C.CC1=CN=CC1.CC1=NC=CC1.Cc1cc[nH]c1. The van der Waals surface area contributed by atoms with E-state index in [-0.39, 0.29) is 22.3 Å². The number of aryl methyl sites for hydroxylation is 1. The minimum Gasteiger partial charge on any atom is -0.367 e. The van der Waals surface area contributed by atoms with Gasteiger partial charge in [0.1, 0.15) is 0 Å². The van der Waals surface area contributed by atoms with E-state index in [2.05, 4.69) is 34.9 Å². The van der Waals surface area contributed by atoms with E-state index in [0.717, 1.165) is 12.8 Å². The van der Waals surface area contributed by atoms with E-state index in [1.54, 1.807) is 0 Å². The molecule has 1 aromatic rings. The third kappa shape index (κ3) is 12.9. The van der Waals surface area contributed by atoms with Gasteiger partial charge in [0.15, 0.2) is 0 Å². The van der Waals surface area contributed by atoms with Crippen LogP contribution in [0.3, 0.4) is 0 Å². The summed E-state index contributed by atoms with van der Waals surface area (Å²) >= 11 is 0. The van der Waals surface area contributed by atoms with Crippen LogP contribution in [-0.2, 0) is 0 Å². The Morgan fingerprint density at radius 1 is 1.05 bits per heavy atom. The number of nitrogens with one attached hydrogen (secondary N) is 1. The molecule has 2 aliphatic rings. The van der Waals surface area contributed by atoms with Crippen LogP contribution >= 0.6 is 0 Å². The van der Waals surface area contributed by atoms with Crippen LogP contribution in [0.25, 0.3) is 0 Å². The minimum absolute atomic E-state index is 0. The standard InChI is InChI=1S/3C5H7N.3CH4/c2*1-5-2-3-6-4-5;1-5-3-2-4-6-5;;;/h3-4H,2H2,1H3;2-4,6H,1H3;2,4H,3H2,1H3;3*1H4. The van der Waals surface area contributed by atoms with Crippen LogP contribution in [0.2, 0.25) is 0 Å². The molecule has 0 fully saturated rings. The molecule has 0 unspecified atom stereocenters. The van der Waals surface area contributed by atoms with Crippen molar-refractivity contribution in [1.29, 1.82) is 0 Å². The van der Waals surface area contributed by atoms with Crippen LogP contribution in [0.15, 0.2) is 52.5 Å². The lowest BCUT2D eigenvalue weighted by molar-refractivity contribution is 1.32. The van der Waals surface area contributed by atoms with Crippen molar-refractivity contribution in [3.05, 3.63) is 48.1 Å². The number of aromatic amines is 1. The van der Waals surface area contributed by atoms with Gasteiger partial charge >= 0.3 is 0 Å². The largest absolute Gasteiger partial charge is 0.367 e. The average Bonchev–Trinajstić information content (AvgIpc) is 3.05. The molecule has 0 atom stereocenters. The number of allylic oxidation sites excluding steroid dienone is 2. The first kappa shape index (κ1) is 24.1. The van der Waals surface area contributed by atoms with Crippen molar-refractivity contribution in [2.24, 2.45) is 9.98 Å². The number of H-pyrrole nitrogens is 1. The van der Waals surface area contributed by atoms with E-state index < -0.39 is 0 Å². The van der Waals surface area contributed by atoms with Crippen LogP contribution in [0.4, 0.5) is 0 Å². The molecular weight excluding hydrogens is 258 g/mol. The fraction of sp³-hybridized carbons (Fsp3) is 0.444. The molecule has 1 N–H and O–H groups in total. The van der Waals surface area contributed by atoms with E-state index in [4.69, 9.17) is 0 Å². The van der Waals surface area contributed by atoms with Gasteiger partial charge in [-0.05, 0) is 38.0 Å². The van der Waals surface area contributed by atoms with E-state index in [9.17, 15) is 0 Å². The highest BCUT2D eigenvalue weighted by Gasteiger charge is 1.88. The van der Waals surface area contributed by atoms with Crippen molar-refractivity contribution < 1.29 is 0 Å². The monoisotopic (exact) mass is 291 g/mol. The van der Waals surface area contributed by atoms with Gasteiger partial charge in [-0.15, -0.1) is 0 Å². The van der Waals surface area contributed by atoms with Gasteiger partial charge < -0.3 is 4.98 Å². The number of aliphatic imine (C=N–C) groups is 2. The summed E-state index contributed by atoms with van der Waals surface area (Å²) in [5, 5.41) is 0. The lowest BCUT2D eigenvalue weighted by Crippen LogP contribution is -1.78. The van der Waals surface area contributed by atoms with Gasteiger partial charge in [0.2, 0.25) is 0 Å². The van der Waals surface area contributed by atoms with Gasteiger partial charge in [0, 0.05) is 49.6 Å². The van der Waals surface area contributed by atoms with E-state index in [1.807, 2.05) is 44.0 Å². The quantitative estimate of drug-likeness (QED) is 0.612. The molecule has 2 aliphatic heterocycles. The predicted molar refractivity (Wildman–Crippen MR) is 99.5 cm³/mol. The Morgan fingerprint density at radius 3 is 1.90 bits per heavy atom. The second kappa shape index (κ2) is 14.5. The van der Waals surface area contributed by atoms with Crippen LogP contribution in [0.1, 0.15) is 54.5 Å². The summed E-state index contributed by atoms with van der Waals surface area (Å²) in [4.78, 5) is 10.8. The zero-order chi connectivity index (χ0) is 13.2. The number of hydrogen-bond donors (Lipinski definition) is 1. The maximum absolute atomic E-state index is 3.97. The maximum Gasteiger partial charge on any atom is 0.0256 e. The first-order valence-corrected chi connectivity index (χ1v) is 6.13. The Morgan fingerprint density at radius 2 is 1.76 bits per heavy atom. The van der Waals surface area contributed by atoms with Gasteiger partial charge in [0.25, 0.3) is 0 Å². The summed E-state index contributed by atoms with van der Waals surface area (Å²) in [6.07, 6.45) is 13.7. The van der Waals surface area contributed by atoms with Crippen molar-refractivity contribution in [2.45, 2.75) is 55.9 Å². The molecular formula is C18H33N3. The second-order valence-corrected chi connectivity index (χ2v) is 4.35. The van der Waals surface area contributed by atoms with Crippen molar-refractivity contribution in [3.63, 3.8) is 0 Å². The molecule has 0 amide bonds. The highest BCUT2D eigenvalue weighted by Crippen LogP contribution is 2.02. The van der Waals surface area contributed by atoms with Gasteiger partial charge in [-0.2, -0.15) is 0 Å². The Labute approximate surface area is 131 Å². The number of rotatable bonds is 0. The summed E-state index contributed by atoms with van der Waals surface area (Å²) in [5.74, 6) is 0. The summed E-state index contributed by atoms with van der Waals surface area (Å²) < 4.78 is 0. The van der Waals surface area contributed by atoms with E-state index in [0.29, 0.717) is 0 Å². The molecule has 0 aromatic carbocycles. The van der Waals surface area contributed by atoms with Gasteiger partial charge in [-0.3, -0.25) is 9.98 Å². The van der Waals surface area contributed by atoms with Crippen molar-refractivity contribution in [1.82, 2.24) is 4.98 Å². The van der Waals surface area contributed by atoms with E-state index in [1.165, 1.54) is 16.8 Å². The van der Waals surface area contributed by atoms with Crippen LogP contribution in [-0.4, -0.2) is 16.9 Å². The average molecular weight is 291 g/mol. The highest BCUT2D eigenvalue weighted by atomic mass is 14.7. The second-order valence-electron chi connectivity index (χ2n) is 4.35. The van der Waals surface area contributed by atoms with Crippen LogP contribution in [0.5, 0.6) is 0 Å². The molecule has 3 nitrogen and oxygen atoms in total. The highest BCUT2D eigenvalue weighted by molar-refractivity contribution is 5.85. The molecule has 3 heteroatoms. The number of aromatic nitrogens is 1. The lowest BCUT2D eigenvalue weighted by atomic mass is 10.3. The first-order chi connectivity index (χ1) is 8.68. The van der Waals surface area contributed by atoms with Crippen molar-refractivity contribution in [2.75, 3.05) is 0 Å². The maximum atomic E-state index is 3.97. The first-order valence-electron chi connectivity index (χ1n) is 6.13. The zero-order valence-electron chi connectivity index (χ0n) is 11.4. The Bertz CT molecular complexity index is 421. The Balaban J connectivity index is -0.000000216. The zero-order valence-corrected chi connectivity index (χ0v) is 11.4. The number of hydrogen-bond acceptors (Lipinski definition) is 2. The van der Waals surface area contributed by atoms with Crippen molar-refractivity contribution in [3.8, 4) is 0 Å². The smallest absolute Gasteiger partial charge is 0.0256 e. The molecule has 0 radical (unpaired) electrons. The fourth-order valence-electron chi connectivity index (χ4n) is 1.29. The molecule has 3 rings (SSSR count). The van der Waals surface area contributed by atoms with Crippen molar-refractivity contribution >= 4 is 11.9 Å². The summed E-state index contributed by atoms with van der Waals surface area (Å²) in [7, 11) is 0. The third-order valence-corrected chi connectivity index (χ3v) is 2.38. The fourth-order valence-corrected chi connectivity index (χ4v) is 1.29. The molecule has 21 heavy (non-hydrogen) atoms. The van der Waals surface area contributed by atoms with Crippen LogP contribution < -0.4 is 0 Å². The van der Waals surface area contributed by atoms with E-state index >= 15 is 0 Å². The number of nitrogens with zero attached hydrogens (tertiary/aromatic N) is 2. The normalized spacial score (nSPS) is 13.1. The Kier molecular flexibility index (Phi) is 16.7. The third-order valence-electron chi connectivity index (χ3n) is 2.38. The van der Waals surface area contributed by atoms with Gasteiger partial charge in [-0.25, -0.2) is 0 Å². The van der Waals surface area contributed by atoms with Crippen LogP contribution in [0, 0.1) is 6.92 Å². The minimum atomic E-state index is 0. The van der Waals surface area contributed by atoms with Gasteiger partial charge in [0.05, 0.1) is 0 Å².